The van der Waals surface area contributed by atoms with Gasteiger partial charge in [0.2, 0.25) is 0 Å². The first-order valence-corrected chi connectivity index (χ1v) is 11.1. The Morgan fingerprint density at radius 2 is 2.21 bits per heavy atom. The van der Waals surface area contributed by atoms with Gasteiger partial charge < -0.3 is 10.1 Å². The number of nitrogens with one attached hydrogen (secondary N) is 2. The van der Waals surface area contributed by atoms with Crippen molar-refractivity contribution in [3.63, 3.8) is 0 Å². The number of carbonyl (C=O) groups excluding carboxylic acids is 2. The van der Waals surface area contributed by atoms with Gasteiger partial charge in [-0.2, -0.15) is 5.10 Å². The minimum Gasteiger partial charge on any atom is -0.462 e. The Morgan fingerprint density at radius 1 is 1.45 bits per heavy atom. The van der Waals surface area contributed by atoms with Gasteiger partial charge in [0.25, 0.3) is 5.91 Å². The van der Waals surface area contributed by atoms with E-state index in [-0.39, 0.29) is 21.8 Å². The van der Waals surface area contributed by atoms with Gasteiger partial charge in [-0.25, -0.2) is 4.79 Å². The molecule has 1 unspecified atom stereocenters. The number of rotatable bonds is 5. The quantitative estimate of drug-likeness (QED) is 0.523. The molecule has 0 bridgehead atoms. The molecule has 156 valence electrons. The number of carbonyl (C=O) groups is 2. The van der Waals surface area contributed by atoms with Gasteiger partial charge in [-0.1, -0.05) is 18.5 Å². The maximum atomic E-state index is 12.6. The summed E-state index contributed by atoms with van der Waals surface area (Å²) in [6.45, 7) is 6.75. The maximum Gasteiger partial charge on any atom is 0.341 e. The Morgan fingerprint density at radius 3 is 2.86 bits per heavy atom. The Hall–Kier alpha value is -1.97. The molecule has 0 radical (unpaired) electrons. The van der Waals surface area contributed by atoms with Crippen LogP contribution in [0.15, 0.2) is 6.20 Å². The van der Waals surface area contributed by atoms with Gasteiger partial charge in [0.1, 0.15) is 5.00 Å². The Kier molecular flexibility index (Phi) is 6.92. The molecule has 1 amide bonds. The van der Waals surface area contributed by atoms with E-state index >= 15 is 0 Å². The summed E-state index contributed by atoms with van der Waals surface area (Å²) in [6.07, 6.45) is 4.35. The summed E-state index contributed by atoms with van der Waals surface area (Å²) in [5.41, 5.74) is 1.64. The molecule has 0 aliphatic heterocycles. The Bertz CT molecular complexity index is 954. The molecule has 1 aliphatic carbocycles. The lowest BCUT2D eigenvalue weighted by Gasteiger charge is -2.18. The minimum atomic E-state index is -0.507. The van der Waals surface area contributed by atoms with Crippen LogP contribution in [-0.4, -0.2) is 33.4 Å². The van der Waals surface area contributed by atoms with E-state index in [0.717, 1.165) is 29.7 Å². The number of hydrogen-bond acceptors (Lipinski definition) is 6. The highest BCUT2D eigenvalue weighted by Crippen LogP contribution is 2.40. The summed E-state index contributed by atoms with van der Waals surface area (Å²) in [5, 5.41) is 10.6. The van der Waals surface area contributed by atoms with Crippen LogP contribution in [0.4, 0.5) is 5.00 Å². The Labute approximate surface area is 183 Å². The topological polar surface area (TPSA) is 85.2 Å². The smallest absolute Gasteiger partial charge is 0.341 e. The number of halogens is 1. The fraction of sp³-hybridized carbons (Fsp3) is 0.474. The average Bonchev–Trinajstić information content (AvgIpc) is 3.21. The number of ether oxygens (including phenoxy) is 1. The summed E-state index contributed by atoms with van der Waals surface area (Å²) in [5.74, 6) is -0.320. The van der Waals surface area contributed by atoms with Gasteiger partial charge in [0, 0.05) is 17.6 Å². The van der Waals surface area contributed by atoms with Crippen LogP contribution in [0.25, 0.3) is 0 Å². The largest absolute Gasteiger partial charge is 0.462 e. The number of aromatic nitrogens is 2. The van der Waals surface area contributed by atoms with Crippen LogP contribution in [0.2, 0.25) is 5.02 Å². The second-order valence-corrected chi connectivity index (χ2v) is 8.79. The zero-order valence-electron chi connectivity index (χ0n) is 16.5. The van der Waals surface area contributed by atoms with E-state index in [0.29, 0.717) is 29.6 Å². The molecule has 1 atom stereocenters. The molecule has 0 spiro atoms. The van der Waals surface area contributed by atoms with Crippen LogP contribution in [0.3, 0.4) is 0 Å². The van der Waals surface area contributed by atoms with Gasteiger partial charge >= 0.3 is 5.97 Å². The van der Waals surface area contributed by atoms with Gasteiger partial charge in [-0.3, -0.25) is 14.8 Å². The molecule has 0 aromatic carbocycles. The molecular weight excluding hydrogens is 432 g/mol. The lowest BCUT2D eigenvalue weighted by atomic mass is 9.88. The van der Waals surface area contributed by atoms with Crippen molar-refractivity contribution in [2.24, 2.45) is 5.92 Å². The van der Waals surface area contributed by atoms with Crippen molar-refractivity contribution in [2.45, 2.75) is 46.6 Å². The third-order valence-corrected chi connectivity index (χ3v) is 6.35. The van der Waals surface area contributed by atoms with E-state index in [1.807, 2.05) is 6.92 Å². The minimum absolute atomic E-state index is 0.0781. The highest BCUT2D eigenvalue weighted by molar-refractivity contribution is 7.80. The third kappa shape index (κ3) is 4.79. The fourth-order valence-electron chi connectivity index (χ4n) is 3.27. The molecule has 2 N–H and O–H groups in total. The van der Waals surface area contributed by atoms with E-state index in [1.165, 1.54) is 11.3 Å². The molecule has 2 heterocycles. The Balaban J connectivity index is 1.79. The zero-order chi connectivity index (χ0) is 21.1. The number of thiophene rings is 1. The van der Waals surface area contributed by atoms with Crippen molar-refractivity contribution < 1.29 is 14.3 Å². The van der Waals surface area contributed by atoms with E-state index in [9.17, 15) is 9.59 Å². The molecule has 29 heavy (non-hydrogen) atoms. The van der Waals surface area contributed by atoms with E-state index < -0.39 is 5.91 Å². The summed E-state index contributed by atoms with van der Waals surface area (Å²) in [4.78, 5) is 26.2. The summed E-state index contributed by atoms with van der Waals surface area (Å²) in [7, 11) is 0. The first-order valence-electron chi connectivity index (χ1n) is 9.50. The number of esters is 1. The summed E-state index contributed by atoms with van der Waals surface area (Å²) >= 11 is 12.9. The number of nitrogens with zero attached hydrogens (tertiary/aromatic N) is 2. The number of anilines is 1. The van der Waals surface area contributed by atoms with Crippen molar-refractivity contribution in [2.75, 3.05) is 11.9 Å². The van der Waals surface area contributed by atoms with Crippen LogP contribution in [-0.2, 0) is 24.1 Å². The molecule has 10 heteroatoms. The van der Waals surface area contributed by atoms with Crippen molar-refractivity contribution in [3.05, 3.63) is 32.9 Å². The van der Waals surface area contributed by atoms with Gasteiger partial charge in [-0.15, -0.1) is 11.3 Å². The molecular formula is C19H23ClN4O3S2. The standard InChI is InChI=1S/C19H23ClN4O3S2/c1-4-24-9-12(20)15(23-24)16(25)21-19(28)22-17-14(18(26)27-5-2)11-7-6-10(3)8-13(11)29-17/h9-10H,4-8H2,1-3H3,(H2,21,22,25,28). The molecule has 7 nitrogen and oxygen atoms in total. The monoisotopic (exact) mass is 454 g/mol. The lowest BCUT2D eigenvalue weighted by molar-refractivity contribution is 0.0526. The van der Waals surface area contributed by atoms with Crippen LogP contribution in [0, 0.1) is 5.92 Å². The highest BCUT2D eigenvalue weighted by Gasteiger charge is 2.29. The van der Waals surface area contributed by atoms with Gasteiger partial charge in [0.15, 0.2) is 10.8 Å². The first kappa shape index (κ1) is 21.7. The van der Waals surface area contributed by atoms with Crippen molar-refractivity contribution in [1.82, 2.24) is 15.1 Å². The van der Waals surface area contributed by atoms with Crippen molar-refractivity contribution in [3.8, 4) is 0 Å². The predicted molar refractivity (Wildman–Crippen MR) is 118 cm³/mol. The van der Waals surface area contributed by atoms with E-state index in [2.05, 4.69) is 22.7 Å². The molecule has 1 aliphatic rings. The molecule has 0 fully saturated rings. The zero-order valence-corrected chi connectivity index (χ0v) is 18.9. The number of fused-ring (bicyclic) bond motifs is 1. The number of hydrogen-bond donors (Lipinski definition) is 2. The van der Waals surface area contributed by atoms with Crippen molar-refractivity contribution >= 4 is 57.1 Å². The second-order valence-electron chi connectivity index (χ2n) is 6.87. The third-order valence-electron chi connectivity index (χ3n) is 4.70. The molecule has 2 aromatic heterocycles. The average molecular weight is 455 g/mol. The SMILES string of the molecule is CCOC(=O)c1c(NC(=S)NC(=O)c2nn(CC)cc2Cl)sc2c1CCC(C)C2. The van der Waals surface area contributed by atoms with Gasteiger partial charge in [0.05, 0.1) is 17.2 Å². The summed E-state index contributed by atoms with van der Waals surface area (Å²) < 4.78 is 6.82. The molecule has 0 saturated carbocycles. The van der Waals surface area contributed by atoms with Crippen molar-refractivity contribution in [1.29, 1.82) is 0 Å². The highest BCUT2D eigenvalue weighted by atomic mass is 35.5. The molecule has 0 saturated heterocycles. The number of aryl methyl sites for hydroxylation is 1. The molecule has 2 aromatic rings. The number of amides is 1. The van der Waals surface area contributed by atoms with Crippen LogP contribution >= 0.6 is 35.2 Å². The van der Waals surface area contributed by atoms with E-state index in [1.54, 1.807) is 17.8 Å². The number of thiocarbonyl (C=S) groups is 1. The predicted octanol–water partition coefficient (Wildman–Crippen LogP) is 4.05. The van der Waals surface area contributed by atoms with Gasteiger partial charge in [-0.05, 0) is 56.8 Å². The van der Waals surface area contributed by atoms with Crippen LogP contribution < -0.4 is 10.6 Å². The normalized spacial score (nSPS) is 15.5. The van der Waals surface area contributed by atoms with Crippen LogP contribution in [0.5, 0.6) is 0 Å². The second kappa shape index (κ2) is 9.23. The molecule has 3 rings (SSSR count). The van der Waals surface area contributed by atoms with E-state index in [4.69, 9.17) is 28.6 Å². The van der Waals surface area contributed by atoms with Crippen LogP contribution in [0.1, 0.15) is 58.5 Å². The first-order chi connectivity index (χ1) is 13.8. The maximum absolute atomic E-state index is 12.6. The fourth-order valence-corrected chi connectivity index (χ4v) is 5.17. The lowest BCUT2D eigenvalue weighted by Crippen LogP contribution is -2.34. The summed E-state index contributed by atoms with van der Waals surface area (Å²) in [6, 6.07) is 0.